The summed E-state index contributed by atoms with van der Waals surface area (Å²) in [7, 11) is 0. The topological polar surface area (TPSA) is 103 Å². The van der Waals surface area contributed by atoms with Gasteiger partial charge in [-0.3, -0.25) is 9.88 Å². The maximum atomic E-state index is 11.6. The molecule has 2 aliphatic heterocycles. The average Bonchev–Trinajstić information content (AvgIpc) is 3.34. The Morgan fingerprint density at radius 3 is 2.67 bits per heavy atom. The van der Waals surface area contributed by atoms with Crippen molar-refractivity contribution >= 4 is 27.9 Å². The Labute approximate surface area is 243 Å². The number of carboxylic acid groups (broad SMARTS) is 1. The molecule has 9 heteroatoms. The van der Waals surface area contributed by atoms with E-state index in [0.29, 0.717) is 31.5 Å². The zero-order valence-corrected chi connectivity index (χ0v) is 23.4. The van der Waals surface area contributed by atoms with Crippen molar-refractivity contribution in [2.24, 2.45) is 0 Å². The molecule has 3 aromatic heterocycles. The summed E-state index contributed by atoms with van der Waals surface area (Å²) in [6.45, 7) is 4.51. The van der Waals surface area contributed by atoms with Gasteiger partial charge < -0.3 is 19.1 Å². The predicted molar refractivity (Wildman–Crippen MR) is 159 cm³/mol. The number of piperidine rings is 1. The fraction of sp³-hybridized carbons (Fsp3) is 0.333. The van der Waals surface area contributed by atoms with Crippen molar-refractivity contribution in [1.29, 1.82) is 0 Å². The van der Waals surface area contributed by atoms with E-state index in [1.807, 2.05) is 24.3 Å². The van der Waals surface area contributed by atoms with Gasteiger partial charge in [-0.2, -0.15) is 0 Å². The Balaban J connectivity index is 1.000. The van der Waals surface area contributed by atoms with Crippen LogP contribution in [0.3, 0.4) is 0 Å². The van der Waals surface area contributed by atoms with Crippen molar-refractivity contribution in [2.75, 3.05) is 19.7 Å². The van der Waals surface area contributed by atoms with E-state index in [4.69, 9.17) is 19.4 Å². The quantitative estimate of drug-likeness (QED) is 0.254. The van der Waals surface area contributed by atoms with Gasteiger partial charge in [-0.1, -0.05) is 24.3 Å². The third kappa shape index (κ3) is 5.57. The number of rotatable bonds is 9. The Morgan fingerprint density at radius 1 is 0.976 bits per heavy atom. The van der Waals surface area contributed by atoms with Crippen LogP contribution in [0, 0.1) is 0 Å². The summed E-state index contributed by atoms with van der Waals surface area (Å²) >= 11 is 0. The minimum atomic E-state index is -0.928. The van der Waals surface area contributed by atoms with Gasteiger partial charge in [0.15, 0.2) is 0 Å². The number of nitrogens with zero attached hydrogens (tertiary/aromatic N) is 5. The van der Waals surface area contributed by atoms with Gasteiger partial charge in [0.2, 0.25) is 5.88 Å². The maximum Gasteiger partial charge on any atom is 0.335 e. The number of pyridine rings is 2. The molecule has 2 aromatic carbocycles. The Kier molecular flexibility index (Phi) is 7.27. The monoisotopic (exact) mass is 563 g/mol. The third-order valence-electron chi connectivity index (χ3n) is 8.43. The van der Waals surface area contributed by atoms with Gasteiger partial charge in [-0.05, 0) is 74.3 Å². The number of benzene rings is 2. The summed E-state index contributed by atoms with van der Waals surface area (Å²) in [4.78, 5) is 28.3. The second-order valence-electron chi connectivity index (χ2n) is 11.2. The van der Waals surface area contributed by atoms with Crippen LogP contribution in [0.2, 0.25) is 0 Å². The van der Waals surface area contributed by atoms with Crippen LogP contribution in [-0.2, 0) is 24.4 Å². The van der Waals surface area contributed by atoms with Crippen molar-refractivity contribution in [3.63, 3.8) is 0 Å². The van der Waals surface area contributed by atoms with E-state index in [0.717, 1.165) is 78.0 Å². The van der Waals surface area contributed by atoms with Crippen LogP contribution in [0.15, 0.2) is 72.9 Å². The molecule has 9 nitrogen and oxygen atoms in total. The van der Waals surface area contributed by atoms with Crippen molar-refractivity contribution in [3.8, 4) is 5.88 Å². The molecule has 214 valence electrons. The third-order valence-corrected chi connectivity index (χ3v) is 8.43. The number of aromatic carboxylic acids is 1. The first-order valence-electron chi connectivity index (χ1n) is 14.6. The highest BCUT2D eigenvalue weighted by molar-refractivity contribution is 5.92. The highest BCUT2D eigenvalue weighted by atomic mass is 16.5. The maximum absolute atomic E-state index is 11.6. The number of fused-ring (bicyclic) bond motifs is 2. The van der Waals surface area contributed by atoms with Crippen LogP contribution in [0.1, 0.15) is 52.6 Å². The summed E-state index contributed by atoms with van der Waals surface area (Å²) in [6, 6.07) is 21.4. The van der Waals surface area contributed by atoms with Crippen LogP contribution in [0.4, 0.5) is 0 Å². The van der Waals surface area contributed by atoms with Crippen molar-refractivity contribution < 1.29 is 19.4 Å². The van der Waals surface area contributed by atoms with Gasteiger partial charge in [0, 0.05) is 35.9 Å². The molecule has 42 heavy (non-hydrogen) atoms. The number of hydrogen-bond donors (Lipinski definition) is 1. The van der Waals surface area contributed by atoms with E-state index in [1.54, 1.807) is 18.3 Å². The summed E-state index contributed by atoms with van der Waals surface area (Å²) in [5.74, 6) is 1.04. The average molecular weight is 564 g/mol. The number of ether oxygens (including phenoxy) is 2. The SMILES string of the molecule is O=C(O)c1ccc2nc(CN3CCC(c4cccc(OCc5ccc6cccnc6c5)n4)CC3)n(CC3CCO3)c2c1. The molecule has 0 bridgehead atoms. The Morgan fingerprint density at radius 2 is 1.86 bits per heavy atom. The number of imidazole rings is 1. The molecule has 0 spiro atoms. The molecule has 0 aliphatic carbocycles. The molecule has 2 saturated heterocycles. The van der Waals surface area contributed by atoms with Gasteiger partial charge in [0.1, 0.15) is 12.4 Å². The molecule has 0 radical (unpaired) electrons. The first kappa shape index (κ1) is 26.6. The number of aromatic nitrogens is 4. The lowest BCUT2D eigenvalue weighted by Crippen LogP contribution is -2.35. The van der Waals surface area contributed by atoms with E-state index in [9.17, 15) is 9.90 Å². The fourth-order valence-electron chi connectivity index (χ4n) is 5.95. The van der Waals surface area contributed by atoms with Gasteiger partial charge in [-0.25, -0.2) is 14.8 Å². The normalized spacial score (nSPS) is 17.9. The highest BCUT2D eigenvalue weighted by Crippen LogP contribution is 2.30. The molecule has 1 unspecified atom stereocenters. The minimum Gasteiger partial charge on any atom is -0.478 e. The van der Waals surface area contributed by atoms with Crippen LogP contribution >= 0.6 is 0 Å². The molecule has 1 atom stereocenters. The molecule has 2 fully saturated rings. The van der Waals surface area contributed by atoms with Gasteiger partial charge in [-0.15, -0.1) is 0 Å². The first-order valence-corrected chi connectivity index (χ1v) is 14.6. The van der Waals surface area contributed by atoms with Crippen molar-refractivity contribution in [2.45, 2.75) is 51.0 Å². The number of carboxylic acids is 1. The van der Waals surface area contributed by atoms with Crippen LogP contribution < -0.4 is 4.74 Å². The molecule has 1 N–H and O–H groups in total. The molecular formula is C33H33N5O4. The highest BCUT2D eigenvalue weighted by Gasteiger charge is 2.26. The minimum absolute atomic E-state index is 0.152. The van der Waals surface area contributed by atoms with E-state index in [1.165, 1.54) is 0 Å². The zero-order chi connectivity index (χ0) is 28.5. The fourth-order valence-corrected chi connectivity index (χ4v) is 5.95. The predicted octanol–water partition coefficient (Wildman–Crippen LogP) is 5.43. The molecular weight excluding hydrogens is 530 g/mol. The Bertz CT molecular complexity index is 1740. The van der Waals surface area contributed by atoms with E-state index in [2.05, 4.69) is 44.8 Å². The largest absolute Gasteiger partial charge is 0.478 e. The summed E-state index contributed by atoms with van der Waals surface area (Å²) < 4.78 is 13.9. The Hall–Kier alpha value is -4.34. The zero-order valence-electron chi connectivity index (χ0n) is 23.4. The molecule has 2 aliphatic rings. The van der Waals surface area contributed by atoms with Crippen LogP contribution in [0.5, 0.6) is 5.88 Å². The lowest BCUT2D eigenvalue weighted by atomic mass is 9.93. The van der Waals surface area contributed by atoms with Gasteiger partial charge in [0.25, 0.3) is 0 Å². The van der Waals surface area contributed by atoms with Crippen molar-refractivity contribution in [3.05, 3.63) is 95.6 Å². The van der Waals surface area contributed by atoms with Gasteiger partial charge in [0.05, 0.1) is 41.3 Å². The van der Waals surface area contributed by atoms with E-state index in [-0.39, 0.29) is 11.7 Å². The molecule has 7 rings (SSSR count). The lowest BCUT2D eigenvalue weighted by molar-refractivity contribution is -0.0592. The second kappa shape index (κ2) is 11.5. The number of hydrogen-bond acceptors (Lipinski definition) is 7. The van der Waals surface area contributed by atoms with Crippen LogP contribution in [0.25, 0.3) is 21.9 Å². The first-order chi connectivity index (χ1) is 20.6. The van der Waals surface area contributed by atoms with E-state index >= 15 is 0 Å². The summed E-state index contributed by atoms with van der Waals surface area (Å²) in [5.41, 5.74) is 5.06. The second-order valence-corrected chi connectivity index (χ2v) is 11.2. The van der Waals surface area contributed by atoms with Crippen molar-refractivity contribution in [1.82, 2.24) is 24.4 Å². The van der Waals surface area contributed by atoms with Gasteiger partial charge >= 0.3 is 5.97 Å². The summed E-state index contributed by atoms with van der Waals surface area (Å²) in [6.07, 6.45) is 4.97. The van der Waals surface area contributed by atoms with Crippen LogP contribution in [-0.4, -0.2) is 61.3 Å². The summed E-state index contributed by atoms with van der Waals surface area (Å²) in [5, 5.41) is 10.6. The number of carbonyl (C=O) groups is 1. The smallest absolute Gasteiger partial charge is 0.335 e. The molecule has 0 amide bonds. The molecule has 5 heterocycles. The molecule has 0 saturated carbocycles. The standard InChI is InChI=1S/C33H33N5O4/c39-33(40)25-8-9-28-30(18-25)38(19-26-12-16-41-26)31(35-28)20-37-14-10-24(11-15-37)27-4-1-5-32(36-27)42-21-22-6-7-23-3-2-13-34-29(23)17-22/h1-9,13,17-18,24,26H,10-12,14-16,19-21H2,(H,39,40). The molecule has 5 aromatic rings. The number of likely N-dealkylation sites (tertiary alicyclic amines) is 1. The lowest BCUT2D eigenvalue weighted by Gasteiger charge is -2.32. The van der Waals surface area contributed by atoms with E-state index < -0.39 is 5.97 Å².